The van der Waals surface area contributed by atoms with E-state index in [1.807, 2.05) is 0 Å². The lowest BCUT2D eigenvalue weighted by molar-refractivity contribution is -0.137. The highest BCUT2D eigenvalue weighted by atomic mass is 16.5. The second kappa shape index (κ2) is 4.94. The SMILES string of the molecule is C=CCN(CC(=O)O)C(=O)c1ccno1. The number of amides is 1. The molecule has 0 fully saturated rings. The van der Waals surface area contributed by atoms with E-state index in [4.69, 9.17) is 5.11 Å². The van der Waals surface area contributed by atoms with Crippen LogP contribution in [0.1, 0.15) is 10.6 Å². The van der Waals surface area contributed by atoms with Crippen molar-refractivity contribution in [2.75, 3.05) is 13.1 Å². The molecule has 0 aliphatic carbocycles. The lowest BCUT2D eigenvalue weighted by Crippen LogP contribution is -2.35. The summed E-state index contributed by atoms with van der Waals surface area (Å²) in [6.07, 6.45) is 2.76. The van der Waals surface area contributed by atoms with Crippen LogP contribution in [0, 0.1) is 0 Å². The number of carboxylic acid groups (broad SMARTS) is 1. The van der Waals surface area contributed by atoms with E-state index in [1.165, 1.54) is 18.3 Å². The number of carboxylic acids is 1. The Morgan fingerprint density at radius 2 is 2.40 bits per heavy atom. The van der Waals surface area contributed by atoms with Crippen LogP contribution < -0.4 is 0 Å². The Morgan fingerprint density at radius 1 is 1.67 bits per heavy atom. The highest BCUT2D eigenvalue weighted by Gasteiger charge is 2.19. The number of carbonyl (C=O) groups excluding carboxylic acids is 1. The molecule has 6 nitrogen and oxygen atoms in total. The van der Waals surface area contributed by atoms with Gasteiger partial charge in [0.05, 0.1) is 6.20 Å². The van der Waals surface area contributed by atoms with Gasteiger partial charge in [-0.2, -0.15) is 0 Å². The second-order valence-corrected chi connectivity index (χ2v) is 2.74. The standard InChI is InChI=1S/C9H10N2O4/c1-2-5-11(6-8(12)13)9(14)7-3-4-10-15-7/h2-4H,1,5-6H2,(H,12,13). The normalized spacial score (nSPS) is 9.60. The molecular formula is C9H10N2O4. The molecule has 0 aromatic carbocycles. The van der Waals surface area contributed by atoms with Crippen molar-refractivity contribution in [1.29, 1.82) is 0 Å². The minimum atomic E-state index is -1.09. The molecule has 15 heavy (non-hydrogen) atoms. The quantitative estimate of drug-likeness (QED) is 0.710. The fourth-order valence-electron chi connectivity index (χ4n) is 1.02. The summed E-state index contributed by atoms with van der Waals surface area (Å²) in [7, 11) is 0. The number of hydrogen-bond acceptors (Lipinski definition) is 4. The predicted octanol–water partition coefficient (Wildman–Crippen LogP) is 0.387. The molecule has 80 valence electrons. The van der Waals surface area contributed by atoms with Gasteiger partial charge in [0.15, 0.2) is 0 Å². The van der Waals surface area contributed by atoms with E-state index in [0.29, 0.717) is 0 Å². The Morgan fingerprint density at radius 3 is 2.87 bits per heavy atom. The second-order valence-electron chi connectivity index (χ2n) is 2.74. The summed E-state index contributed by atoms with van der Waals surface area (Å²) in [6.45, 7) is 3.19. The van der Waals surface area contributed by atoms with Gasteiger partial charge in [0.25, 0.3) is 5.91 Å². The maximum atomic E-state index is 11.6. The van der Waals surface area contributed by atoms with Crippen molar-refractivity contribution in [2.45, 2.75) is 0 Å². The first-order valence-corrected chi connectivity index (χ1v) is 4.17. The van der Waals surface area contributed by atoms with Crippen molar-refractivity contribution >= 4 is 11.9 Å². The number of aliphatic carboxylic acids is 1. The number of carbonyl (C=O) groups is 2. The average Bonchev–Trinajstić information content (AvgIpc) is 2.68. The molecule has 1 N–H and O–H groups in total. The molecule has 0 aliphatic rings. The van der Waals surface area contributed by atoms with E-state index in [0.717, 1.165) is 4.90 Å². The highest BCUT2D eigenvalue weighted by Crippen LogP contribution is 2.03. The number of aromatic nitrogens is 1. The van der Waals surface area contributed by atoms with E-state index in [2.05, 4.69) is 16.3 Å². The summed E-state index contributed by atoms with van der Waals surface area (Å²) in [6, 6.07) is 1.38. The minimum absolute atomic E-state index is 0.0121. The third-order valence-electron chi connectivity index (χ3n) is 1.61. The molecule has 1 heterocycles. The Labute approximate surface area is 85.8 Å². The zero-order valence-electron chi connectivity index (χ0n) is 7.92. The van der Waals surface area contributed by atoms with Gasteiger partial charge in [-0.05, 0) is 0 Å². The van der Waals surface area contributed by atoms with Crippen LogP contribution >= 0.6 is 0 Å². The van der Waals surface area contributed by atoms with Crippen molar-refractivity contribution in [3.8, 4) is 0 Å². The molecule has 0 saturated heterocycles. The first kappa shape index (κ1) is 11.0. The average molecular weight is 210 g/mol. The first-order valence-electron chi connectivity index (χ1n) is 4.17. The fraction of sp³-hybridized carbons (Fsp3) is 0.222. The molecule has 0 atom stereocenters. The largest absolute Gasteiger partial charge is 0.480 e. The van der Waals surface area contributed by atoms with Gasteiger partial charge in [-0.1, -0.05) is 11.2 Å². The summed E-state index contributed by atoms with van der Waals surface area (Å²) in [5, 5.41) is 12.0. The van der Waals surface area contributed by atoms with Crippen molar-refractivity contribution in [2.24, 2.45) is 0 Å². The first-order chi connectivity index (χ1) is 7.15. The van der Waals surface area contributed by atoms with Gasteiger partial charge in [-0.15, -0.1) is 6.58 Å². The highest BCUT2D eigenvalue weighted by molar-refractivity contribution is 5.93. The molecule has 0 bridgehead atoms. The van der Waals surface area contributed by atoms with Crippen LogP contribution in [-0.2, 0) is 4.79 Å². The van der Waals surface area contributed by atoms with Crippen LogP contribution in [0.15, 0.2) is 29.4 Å². The van der Waals surface area contributed by atoms with E-state index in [9.17, 15) is 9.59 Å². The van der Waals surface area contributed by atoms with Gasteiger partial charge >= 0.3 is 5.97 Å². The van der Waals surface area contributed by atoms with Crippen molar-refractivity contribution in [3.05, 3.63) is 30.7 Å². The number of nitrogens with zero attached hydrogens (tertiary/aromatic N) is 2. The molecule has 0 spiro atoms. The molecule has 1 rings (SSSR count). The zero-order valence-corrected chi connectivity index (χ0v) is 7.92. The Balaban J connectivity index is 2.75. The fourth-order valence-corrected chi connectivity index (χ4v) is 1.02. The molecular weight excluding hydrogens is 200 g/mol. The Bertz CT molecular complexity index is 358. The van der Waals surface area contributed by atoms with Crippen LogP contribution in [0.3, 0.4) is 0 Å². The number of rotatable bonds is 5. The molecule has 0 saturated carbocycles. The van der Waals surface area contributed by atoms with Gasteiger partial charge in [0.2, 0.25) is 5.76 Å². The molecule has 1 amide bonds. The van der Waals surface area contributed by atoms with Crippen molar-refractivity contribution < 1.29 is 19.2 Å². The number of hydrogen-bond donors (Lipinski definition) is 1. The van der Waals surface area contributed by atoms with Crippen molar-refractivity contribution in [1.82, 2.24) is 10.1 Å². The Kier molecular flexibility index (Phi) is 3.61. The van der Waals surface area contributed by atoms with Crippen LogP contribution in [0.4, 0.5) is 0 Å². The smallest absolute Gasteiger partial charge is 0.323 e. The summed E-state index contributed by atoms with van der Waals surface area (Å²) in [5.74, 6) is -1.60. The third kappa shape index (κ3) is 2.94. The zero-order chi connectivity index (χ0) is 11.3. The Hall–Kier alpha value is -2.11. The maximum absolute atomic E-state index is 11.6. The van der Waals surface area contributed by atoms with Gasteiger partial charge in [-0.25, -0.2) is 0 Å². The summed E-state index contributed by atoms with van der Waals surface area (Å²) in [4.78, 5) is 23.2. The monoisotopic (exact) mass is 210 g/mol. The van der Waals surface area contributed by atoms with E-state index < -0.39 is 18.4 Å². The van der Waals surface area contributed by atoms with Crippen LogP contribution in [0.25, 0.3) is 0 Å². The van der Waals surface area contributed by atoms with Crippen LogP contribution in [0.2, 0.25) is 0 Å². The molecule has 0 radical (unpaired) electrons. The molecule has 0 unspecified atom stereocenters. The summed E-state index contributed by atoms with van der Waals surface area (Å²) in [5.41, 5.74) is 0. The summed E-state index contributed by atoms with van der Waals surface area (Å²) < 4.78 is 4.64. The van der Waals surface area contributed by atoms with Crippen LogP contribution in [0.5, 0.6) is 0 Å². The van der Waals surface area contributed by atoms with Gasteiger partial charge in [0.1, 0.15) is 6.54 Å². The molecule has 0 aliphatic heterocycles. The van der Waals surface area contributed by atoms with Gasteiger partial charge < -0.3 is 14.5 Å². The lowest BCUT2D eigenvalue weighted by Gasteiger charge is -2.16. The third-order valence-corrected chi connectivity index (χ3v) is 1.61. The minimum Gasteiger partial charge on any atom is -0.480 e. The topological polar surface area (TPSA) is 83.6 Å². The lowest BCUT2D eigenvalue weighted by atomic mass is 10.3. The van der Waals surface area contributed by atoms with E-state index >= 15 is 0 Å². The van der Waals surface area contributed by atoms with E-state index in [-0.39, 0.29) is 12.3 Å². The maximum Gasteiger partial charge on any atom is 0.323 e. The molecule has 1 aromatic heterocycles. The van der Waals surface area contributed by atoms with E-state index in [1.54, 1.807) is 0 Å². The molecule has 1 aromatic rings. The molecule has 6 heteroatoms. The van der Waals surface area contributed by atoms with Crippen LogP contribution in [-0.4, -0.2) is 40.1 Å². The van der Waals surface area contributed by atoms with Gasteiger partial charge in [-0.3, -0.25) is 9.59 Å². The van der Waals surface area contributed by atoms with Gasteiger partial charge in [0, 0.05) is 12.6 Å². The van der Waals surface area contributed by atoms with Crippen molar-refractivity contribution in [3.63, 3.8) is 0 Å². The predicted molar refractivity (Wildman–Crippen MR) is 50.2 cm³/mol. The summed E-state index contributed by atoms with van der Waals surface area (Å²) >= 11 is 0.